The van der Waals surface area contributed by atoms with E-state index in [-0.39, 0.29) is 5.92 Å². The van der Waals surface area contributed by atoms with E-state index in [4.69, 9.17) is 4.74 Å². The van der Waals surface area contributed by atoms with Gasteiger partial charge < -0.3 is 4.74 Å². The Labute approximate surface area is 96.6 Å². The maximum atomic E-state index is 12.1. The first-order valence-electron chi connectivity index (χ1n) is 5.97. The van der Waals surface area contributed by atoms with Gasteiger partial charge in [-0.3, -0.25) is 4.79 Å². The summed E-state index contributed by atoms with van der Waals surface area (Å²) in [5.41, 5.74) is 1.97. The van der Waals surface area contributed by atoms with Crippen LogP contribution < -0.4 is 4.74 Å². The highest BCUT2D eigenvalue weighted by molar-refractivity contribution is 5.98. The molecule has 1 fully saturated rings. The van der Waals surface area contributed by atoms with Crippen LogP contribution in [0.1, 0.15) is 42.1 Å². The van der Waals surface area contributed by atoms with E-state index >= 15 is 0 Å². The Hall–Kier alpha value is -1.31. The van der Waals surface area contributed by atoms with Crippen molar-refractivity contribution in [1.29, 1.82) is 0 Å². The molecule has 1 saturated carbocycles. The van der Waals surface area contributed by atoms with Gasteiger partial charge in [-0.05, 0) is 43.0 Å². The fourth-order valence-corrected chi connectivity index (χ4v) is 2.11. The lowest BCUT2D eigenvalue weighted by molar-refractivity contribution is 0.0855. The SMILES string of the molecule is CCc1cc(C(=O)C2CCC2)ccc1OC. The number of methoxy groups -OCH3 is 1. The van der Waals surface area contributed by atoms with Crippen molar-refractivity contribution in [2.24, 2.45) is 5.92 Å². The molecule has 86 valence electrons. The number of carbonyl (C=O) groups excluding carboxylic acids is 1. The summed E-state index contributed by atoms with van der Waals surface area (Å²) in [5, 5.41) is 0. The van der Waals surface area contributed by atoms with Crippen molar-refractivity contribution in [3.05, 3.63) is 29.3 Å². The van der Waals surface area contributed by atoms with Gasteiger partial charge in [0, 0.05) is 11.5 Å². The molecule has 2 heteroatoms. The van der Waals surface area contributed by atoms with E-state index < -0.39 is 0 Å². The molecule has 1 aliphatic carbocycles. The molecule has 0 bridgehead atoms. The Morgan fingerprint density at radius 1 is 1.44 bits per heavy atom. The molecule has 2 nitrogen and oxygen atoms in total. The van der Waals surface area contributed by atoms with Gasteiger partial charge in [0.1, 0.15) is 5.75 Å². The summed E-state index contributed by atoms with van der Waals surface area (Å²) in [4.78, 5) is 12.1. The van der Waals surface area contributed by atoms with Crippen LogP contribution in [0.25, 0.3) is 0 Å². The maximum Gasteiger partial charge on any atom is 0.165 e. The van der Waals surface area contributed by atoms with E-state index in [1.165, 1.54) is 6.42 Å². The van der Waals surface area contributed by atoms with E-state index in [1.807, 2.05) is 18.2 Å². The lowest BCUT2D eigenvalue weighted by atomic mass is 9.79. The summed E-state index contributed by atoms with van der Waals surface area (Å²) in [6, 6.07) is 5.78. The van der Waals surface area contributed by atoms with Gasteiger partial charge in [-0.15, -0.1) is 0 Å². The molecule has 0 N–H and O–H groups in total. The Kier molecular flexibility index (Phi) is 3.28. The maximum absolute atomic E-state index is 12.1. The monoisotopic (exact) mass is 218 g/mol. The summed E-state index contributed by atoms with van der Waals surface area (Å²) in [6.07, 6.45) is 4.22. The van der Waals surface area contributed by atoms with Gasteiger partial charge in [0.15, 0.2) is 5.78 Å². The van der Waals surface area contributed by atoms with Crippen LogP contribution in [0.15, 0.2) is 18.2 Å². The number of Topliss-reactive ketones (excluding diaryl/α,β-unsaturated/α-hetero) is 1. The van der Waals surface area contributed by atoms with Gasteiger partial charge in [-0.2, -0.15) is 0 Å². The van der Waals surface area contributed by atoms with E-state index in [0.29, 0.717) is 5.78 Å². The molecule has 0 unspecified atom stereocenters. The molecule has 0 radical (unpaired) electrons. The zero-order valence-corrected chi connectivity index (χ0v) is 9.95. The number of rotatable bonds is 4. The van der Waals surface area contributed by atoms with Gasteiger partial charge in [0.2, 0.25) is 0 Å². The topological polar surface area (TPSA) is 26.3 Å². The first-order chi connectivity index (χ1) is 7.76. The first kappa shape index (κ1) is 11.2. The molecule has 1 aliphatic rings. The normalized spacial score (nSPS) is 15.6. The second-order valence-corrected chi connectivity index (χ2v) is 4.37. The van der Waals surface area contributed by atoms with E-state index in [2.05, 4.69) is 6.92 Å². The number of ether oxygens (including phenoxy) is 1. The molecule has 0 aliphatic heterocycles. The van der Waals surface area contributed by atoms with Crippen LogP contribution in [0, 0.1) is 5.92 Å². The molecule has 0 aromatic heterocycles. The average Bonchev–Trinajstić information content (AvgIpc) is 2.25. The van der Waals surface area contributed by atoms with Crippen molar-refractivity contribution in [3.63, 3.8) is 0 Å². The third kappa shape index (κ3) is 1.97. The molecular weight excluding hydrogens is 200 g/mol. The lowest BCUT2D eigenvalue weighted by Crippen LogP contribution is -2.22. The summed E-state index contributed by atoms with van der Waals surface area (Å²) < 4.78 is 5.26. The number of aryl methyl sites for hydroxylation is 1. The highest BCUT2D eigenvalue weighted by atomic mass is 16.5. The van der Waals surface area contributed by atoms with Crippen molar-refractivity contribution in [3.8, 4) is 5.75 Å². The number of carbonyl (C=O) groups is 1. The van der Waals surface area contributed by atoms with Gasteiger partial charge in [0.05, 0.1) is 7.11 Å². The molecule has 0 spiro atoms. The number of ketones is 1. The summed E-state index contributed by atoms with van der Waals surface area (Å²) >= 11 is 0. The second kappa shape index (κ2) is 4.69. The Morgan fingerprint density at radius 3 is 2.69 bits per heavy atom. The predicted octanol–water partition coefficient (Wildman–Crippen LogP) is 3.24. The van der Waals surface area contributed by atoms with Crippen molar-refractivity contribution in [1.82, 2.24) is 0 Å². The van der Waals surface area contributed by atoms with E-state index in [1.54, 1.807) is 7.11 Å². The van der Waals surface area contributed by atoms with Crippen LogP contribution in [0.3, 0.4) is 0 Å². The first-order valence-corrected chi connectivity index (χ1v) is 5.97. The van der Waals surface area contributed by atoms with Crippen LogP contribution in [-0.2, 0) is 6.42 Å². The minimum Gasteiger partial charge on any atom is -0.496 e. The third-order valence-corrected chi connectivity index (χ3v) is 3.42. The second-order valence-electron chi connectivity index (χ2n) is 4.37. The molecule has 0 heterocycles. The molecule has 0 amide bonds. The van der Waals surface area contributed by atoms with Gasteiger partial charge in [-0.25, -0.2) is 0 Å². The predicted molar refractivity (Wildman–Crippen MR) is 64.0 cm³/mol. The minimum absolute atomic E-state index is 0.276. The fourth-order valence-electron chi connectivity index (χ4n) is 2.11. The highest BCUT2D eigenvalue weighted by Crippen LogP contribution is 2.31. The zero-order chi connectivity index (χ0) is 11.5. The number of hydrogen-bond acceptors (Lipinski definition) is 2. The van der Waals surface area contributed by atoms with Crippen LogP contribution in [-0.4, -0.2) is 12.9 Å². The molecule has 1 aromatic rings. The van der Waals surface area contributed by atoms with E-state index in [9.17, 15) is 4.79 Å². The zero-order valence-electron chi connectivity index (χ0n) is 9.95. The van der Waals surface area contributed by atoms with Gasteiger partial charge >= 0.3 is 0 Å². The van der Waals surface area contributed by atoms with Gasteiger partial charge in [-0.1, -0.05) is 13.3 Å². The Bertz CT molecular complexity index is 392. The molecule has 2 rings (SSSR count). The van der Waals surface area contributed by atoms with Crippen molar-refractivity contribution >= 4 is 5.78 Å². The number of benzene rings is 1. The molecule has 1 aromatic carbocycles. The molecular formula is C14H18O2. The van der Waals surface area contributed by atoms with Crippen LogP contribution in [0.5, 0.6) is 5.75 Å². The van der Waals surface area contributed by atoms with Crippen molar-refractivity contribution in [2.45, 2.75) is 32.6 Å². The summed E-state index contributed by atoms with van der Waals surface area (Å²) in [7, 11) is 1.67. The summed E-state index contributed by atoms with van der Waals surface area (Å²) in [5.74, 6) is 1.47. The smallest absolute Gasteiger partial charge is 0.165 e. The molecule has 0 saturated heterocycles. The lowest BCUT2D eigenvalue weighted by Gasteiger charge is -2.24. The average molecular weight is 218 g/mol. The van der Waals surface area contributed by atoms with Crippen molar-refractivity contribution < 1.29 is 9.53 Å². The molecule has 16 heavy (non-hydrogen) atoms. The van der Waals surface area contributed by atoms with Crippen LogP contribution >= 0.6 is 0 Å². The van der Waals surface area contributed by atoms with Crippen LogP contribution in [0.2, 0.25) is 0 Å². The van der Waals surface area contributed by atoms with E-state index in [0.717, 1.165) is 36.1 Å². The highest BCUT2D eigenvalue weighted by Gasteiger charge is 2.26. The Balaban J connectivity index is 2.24. The quantitative estimate of drug-likeness (QED) is 0.725. The van der Waals surface area contributed by atoms with Crippen LogP contribution in [0.4, 0.5) is 0 Å². The minimum atomic E-state index is 0.276. The standard InChI is InChI=1S/C14H18O2/c1-3-10-9-12(7-8-13(10)16-2)14(15)11-5-4-6-11/h7-9,11H,3-6H2,1-2H3. The largest absolute Gasteiger partial charge is 0.496 e. The number of hydrogen-bond donors (Lipinski definition) is 0. The summed E-state index contributed by atoms with van der Waals surface area (Å²) in [6.45, 7) is 2.08. The van der Waals surface area contributed by atoms with Gasteiger partial charge in [0.25, 0.3) is 0 Å². The fraction of sp³-hybridized carbons (Fsp3) is 0.500. The Morgan fingerprint density at radius 2 is 2.19 bits per heavy atom. The third-order valence-electron chi connectivity index (χ3n) is 3.42. The van der Waals surface area contributed by atoms with Crippen molar-refractivity contribution in [2.75, 3.05) is 7.11 Å². The molecule has 0 atom stereocenters.